The second-order valence-electron chi connectivity index (χ2n) is 3.77. The van der Waals surface area contributed by atoms with Crippen molar-refractivity contribution < 1.29 is 13.9 Å². The molecule has 0 amide bonds. The van der Waals surface area contributed by atoms with Crippen molar-refractivity contribution in [2.75, 3.05) is 12.4 Å². The Balaban J connectivity index is 2.17. The molecule has 0 radical (unpaired) electrons. The summed E-state index contributed by atoms with van der Waals surface area (Å²) < 4.78 is 18.8. The van der Waals surface area contributed by atoms with Crippen LogP contribution >= 0.6 is 27.3 Å². The first-order valence-corrected chi connectivity index (χ1v) is 7.12. The topological polar surface area (TPSA) is 38.3 Å². The number of esters is 1. The van der Waals surface area contributed by atoms with E-state index in [-0.39, 0.29) is 5.56 Å². The summed E-state index contributed by atoms with van der Waals surface area (Å²) in [7, 11) is 1.27. The first-order valence-electron chi connectivity index (χ1n) is 5.45. The molecule has 0 spiro atoms. The molecule has 0 saturated carbocycles. The molecule has 2 rings (SSSR count). The number of benzene rings is 1. The Hall–Kier alpha value is -1.40. The van der Waals surface area contributed by atoms with Gasteiger partial charge < -0.3 is 10.1 Å². The fraction of sp³-hybridized carbons (Fsp3) is 0.154. The van der Waals surface area contributed by atoms with Crippen molar-refractivity contribution in [2.24, 2.45) is 0 Å². The lowest BCUT2D eigenvalue weighted by atomic mass is 10.1. The highest BCUT2D eigenvalue weighted by molar-refractivity contribution is 9.10. The average Bonchev–Trinajstić information content (AvgIpc) is 2.82. The molecule has 2 aromatic rings. The van der Waals surface area contributed by atoms with E-state index in [4.69, 9.17) is 0 Å². The number of carbonyl (C=O) groups is 1. The molecule has 1 N–H and O–H groups in total. The Bertz CT molecular complexity index is 600. The summed E-state index contributed by atoms with van der Waals surface area (Å²) in [5, 5.41) is 5.08. The van der Waals surface area contributed by atoms with Crippen LogP contribution in [0.5, 0.6) is 0 Å². The van der Waals surface area contributed by atoms with Gasteiger partial charge >= 0.3 is 5.97 Å². The van der Waals surface area contributed by atoms with E-state index in [0.717, 1.165) is 9.35 Å². The van der Waals surface area contributed by atoms with Crippen LogP contribution in [-0.2, 0) is 11.3 Å². The van der Waals surface area contributed by atoms with Gasteiger partial charge in [0.05, 0.1) is 12.7 Å². The van der Waals surface area contributed by atoms with Gasteiger partial charge in [-0.2, -0.15) is 0 Å². The maximum atomic E-state index is 13.2. The summed E-state index contributed by atoms with van der Waals surface area (Å²) in [4.78, 5) is 12.7. The maximum absolute atomic E-state index is 13.2. The number of methoxy groups -OCH3 is 1. The number of thiophene rings is 1. The molecule has 0 unspecified atom stereocenters. The zero-order valence-corrected chi connectivity index (χ0v) is 12.5. The highest BCUT2D eigenvalue weighted by atomic mass is 79.9. The van der Waals surface area contributed by atoms with Crippen LogP contribution in [0, 0.1) is 5.82 Å². The Morgan fingerprint density at radius 3 is 2.89 bits per heavy atom. The number of halogens is 2. The summed E-state index contributed by atoms with van der Waals surface area (Å²) >= 11 is 4.97. The van der Waals surface area contributed by atoms with E-state index in [0.29, 0.717) is 12.2 Å². The van der Waals surface area contributed by atoms with Gasteiger partial charge in [-0.25, -0.2) is 9.18 Å². The van der Waals surface area contributed by atoms with Gasteiger partial charge in [-0.05, 0) is 40.2 Å². The lowest BCUT2D eigenvalue weighted by Gasteiger charge is -2.10. The van der Waals surface area contributed by atoms with Crippen LogP contribution < -0.4 is 5.32 Å². The van der Waals surface area contributed by atoms with Gasteiger partial charge in [0.25, 0.3) is 0 Å². The van der Waals surface area contributed by atoms with E-state index in [9.17, 15) is 9.18 Å². The lowest BCUT2D eigenvalue weighted by molar-refractivity contribution is 0.0601. The molecule has 0 aliphatic heterocycles. The predicted molar refractivity (Wildman–Crippen MR) is 77.1 cm³/mol. The third-order valence-electron chi connectivity index (χ3n) is 2.46. The molecular weight excluding hydrogens is 333 g/mol. The molecule has 0 aliphatic carbocycles. The molecule has 3 nitrogen and oxygen atoms in total. The smallest absolute Gasteiger partial charge is 0.340 e. The molecule has 1 heterocycles. The van der Waals surface area contributed by atoms with Crippen LogP contribution in [0.15, 0.2) is 34.1 Å². The first-order chi connectivity index (χ1) is 9.10. The Morgan fingerprint density at radius 1 is 1.47 bits per heavy atom. The lowest BCUT2D eigenvalue weighted by Crippen LogP contribution is -2.08. The Labute approximate surface area is 122 Å². The van der Waals surface area contributed by atoms with Gasteiger partial charge in [-0.3, -0.25) is 0 Å². The van der Waals surface area contributed by atoms with Gasteiger partial charge in [0.1, 0.15) is 5.82 Å². The highest BCUT2D eigenvalue weighted by Gasteiger charge is 2.13. The van der Waals surface area contributed by atoms with E-state index >= 15 is 0 Å². The minimum Gasteiger partial charge on any atom is -0.465 e. The van der Waals surface area contributed by atoms with E-state index in [1.54, 1.807) is 11.3 Å². The van der Waals surface area contributed by atoms with Gasteiger partial charge in [0.15, 0.2) is 0 Å². The Morgan fingerprint density at radius 2 is 2.26 bits per heavy atom. The summed E-state index contributed by atoms with van der Waals surface area (Å²) in [5.74, 6) is -1.03. The fourth-order valence-electron chi connectivity index (χ4n) is 1.58. The molecule has 6 heteroatoms. The quantitative estimate of drug-likeness (QED) is 0.851. The van der Waals surface area contributed by atoms with Crippen LogP contribution in [0.2, 0.25) is 0 Å². The van der Waals surface area contributed by atoms with Crippen molar-refractivity contribution in [3.05, 3.63) is 50.4 Å². The number of anilines is 1. The van der Waals surface area contributed by atoms with E-state index in [2.05, 4.69) is 26.0 Å². The highest BCUT2D eigenvalue weighted by Crippen LogP contribution is 2.23. The first kappa shape index (κ1) is 14.0. The summed E-state index contributed by atoms with van der Waals surface area (Å²) in [6, 6.07) is 5.99. The van der Waals surface area contributed by atoms with Crippen LogP contribution in [0.1, 0.15) is 15.2 Å². The van der Waals surface area contributed by atoms with E-state index < -0.39 is 11.8 Å². The van der Waals surface area contributed by atoms with Gasteiger partial charge in [0.2, 0.25) is 0 Å². The fourth-order valence-corrected chi connectivity index (χ4v) is 2.97. The normalized spacial score (nSPS) is 10.3. The summed E-state index contributed by atoms with van der Waals surface area (Å²) in [5.41, 5.74) is 0.746. The SMILES string of the molecule is COC(=O)c1cc(F)ccc1NCc1cc(Br)cs1. The summed E-state index contributed by atoms with van der Waals surface area (Å²) in [6.45, 7) is 0.561. The summed E-state index contributed by atoms with van der Waals surface area (Å²) in [6.07, 6.45) is 0. The predicted octanol–water partition coefficient (Wildman–Crippen LogP) is 4.05. The molecule has 0 bridgehead atoms. The van der Waals surface area contributed by atoms with Crippen LogP contribution in [0.4, 0.5) is 10.1 Å². The van der Waals surface area contributed by atoms with Crippen molar-refractivity contribution in [1.82, 2.24) is 0 Å². The van der Waals surface area contributed by atoms with Crippen molar-refractivity contribution in [3.63, 3.8) is 0 Å². The molecule has 0 fully saturated rings. The minimum atomic E-state index is -0.561. The number of hydrogen-bond donors (Lipinski definition) is 1. The van der Waals surface area contributed by atoms with Crippen LogP contribution in [0.3, 0.4) is 0 Å². The van der Waals surface area contributed by atoms with E-state index in [1.807, 2.05) is 11.4 Å². The maximum Gasteiger partial charge on any atom is 0.340 e. The molecule has 1 aromatic carbocycles. The van der Waals surface area contributed by atoms with E-state index in [1.165, 1.54) is 25.3 Å². The Kier molecular flexibility index (Phi) is 4.55. The van der Waals surface area contributed by atoms with Crippen molar-refractivity contribution in [1.29, 1.82) is 0 Å². The standard InChI is InChI=1S/C13H11BrFNO2S/c1-18-13(17)11-5-9(15)2-3-12(11)16-6-10-4-8(14)7-19-10/h2-5,7,16H,6H2,1H3. The zero-order chi connectivity index (χ0) is 13.8. The zero-order valence-electron chi connectivity index (χ0n) is 10.1. The third-order valence-corrected chi connectivity index (χ3v) is 4.16. The number of hydrogen-bond acceptors (Lipinski definition) is 4. The molecule has 1 aromatic heterocycles. The number of ether oxygens (including phenoxy) is 1. The molecule has 0 atom stereocenters. The molecular formula is C13H11BrFNO2S. The van der Waals surface area contributed by atoms with Crippen molar-refractivity contribution in [3.8, 4) is 0 Å². The molecule has 100 valence electrons. The van der Waals surface area contributed by atoms with Crippen LogP contribution in [0.25, 0.3) is 0 Å². The third kappa shape index (κ3) is 3.54. The number of nitrogens with one attached hydrogen (secondary N) is 1. The van der Waals surface area contributed by atoms with Gasteiger partial charge in [-0.1, -0.05) is 0 Å². The number of carbonyl (C=O) groups excluding carboxylic acids is 1. The van der Waals surface area contributed by atoms with Crippen molar-refractivity contribution in [2.45, 2.75) is 6.54 Å². The minimum absolute atomic E-state index is 0.193. The molecule has 0 saturated heterocycles. The molecule has 0 aliphatic rings. The number of rotatable bonds is 4. The average molecular weight is 344 g/mol. The van der Waals surface area contributed by atoms with Gasteiger partial charge in [0, 0.05) is 27.0 Å². The van der Waals surface area contributed by atoms with Gasteiger partial charge in [-0.15, -0.1) is 11.3 Å². The molecule has 19 heavy (non-hydrogen) atoms. The van der Waals surface area contributed by atoms with Crippen LogP contribution in [-0.4, -0.2) is 13.1 Å². The largest absolute Gasteiger partial charge is 0.465 e. The second-order valence-corrected chi connectivity index (χ2v) is 5.68. The second kappa shape index (κ2) is 6.16. The monoisotopic (exact) mass is 343 g/mol. The van der Waals surface area contributed by atoms with Crippen molar-refractivity contribution >= 4 is 38.9 Å².